The molecule has 0 radical (unpaired) electrons. The minimum absolute atomic E-state index is 0.0526. The van der Waals surface area contributed by atoms with E-state index in [9.17, 15) is 4.39 Å². The molecule has 34 heavy (non-hydrogen) atoms. The Morgan fingerprint density at radius 1 is 1.29 bits per heavy atom. The zero-order valence-corrected chi connectivity index (χ0v) is 22.1. The zero-order chi connectivity index (χ0) is 24.5. The Labute approximate surface area is 206 Å². The van der Waals surface area contributed by atoms with E-state index in [-0.39, 0.29) is 22.8 Å². The lowest BCUT2D eigenvalue weighted by atomic mass is 9.70. The predicted octanol–water partition coefficient (Wildman–Crippen LogP) is 5.43. The highest BCUT2D eigenvalue weighted by Crippen LogP contribution is 2.69. The molecule has 0 spiro atoms. The first kappa shape index (κ1) is 23.7. The van der Waals surface area contributed by atoms with Gasteiger partial charge >= 0.3 is 0 Å². The van der Waals surface area contributed by atoms with Crippen LogP contribution in [0.25, 0.3) is 0 Å². The van der Waals surface area contributed by atoms with Crippen LogP contribution in [0.1, 0.15) is 57.7 Å². The summed E-state index contributed by atoms with van der Waals surface area (Å²) < 4.78 is 24.6. The monoisotopic (exact) mass is 499 g/mol. The van der Waals surface area contributed by atoms with Crippen molar-refractivity contribution in [1.29, 1.82) is 5.26 Å². The summed E-state index contributed by atoms with van der Waals surface area (Å²) in [4.78, 5) is 4.96. The minimum atomic E-state index is -2.78. The molecule has 6 nitrogen and oxygen atoms in total. The first-order valence-corrected chi connectivity index (χ1v) is 14.5. The molecule has 2 bridgehead atoms. The van der Waals surface area contributed by atoms with E-state index in [1.54, 1.807) is 16.8 Å². The van der Waals surface area contributed by atoms with Gasteiger partial charge in [0, 0.05) is 12.6 Å². The Bertz CT molecular complexity index is 1260. The normalized spacial score (nSPS) is 31.3. The fourth-order valence-corrected chi connectivity index (χ4v) is 9.87. The summed E-state index contributed by atoms with van der Waals surface area (Å²) in [6.07, 6.45) is 0.984. The van der Waals surface area contributed by atoms with E-state index in [2.05, 4.69) is 26.8 Å². The molecule has 2 heterocycles. The van der Waals surface area contributed by atoms with Gasteiger partial charge in [-0.1, -0.05) is 20.8 Å². The van der Waals surface area contributed by atoms with Crippen molar-refractivity contribution in [3.05, 3.63) is 41.3 Å². The van der Waals surface area contributed by atoms with Crippen molar-refractivity contribution >= 4 is 35.2 Å². The van der Waals surface area contributed by atoms with Crippen molar-refractivity contribution in [3.8, 4) is 6.07 Å². The lowest BCUT2D eigenvalue weighted by molar-refractivity contribution is 0.0357. The number of halogens is 1. The second-order valence-corrected chi connectivity index (χ2v) is 14.4. The summed E-state index contributed by atoms with van der Waals surface area (Å²) in [5.74, 6) is 1.65. The highest BCUT2D eigenvalue weighted by atomic mass is 32.4. The molecular weight excluding hydrogens is 468 g/mol. The number of hydrogen-bond acceptors (Lipinski definition) is 5. The van der Waals surface area contributed by atoms with Gasteiger partial charge < -0.3 is 9.19 Å². The average Bonchev–Trinajstić information content (AvgIpc) is 3.30. The summed E-state index contributed by atoms with van der Waals surface area (Å²) in [5, 5.41) is 14.8. The zero-order valence-electron chi connectivity index (χ0n) is 20.4. The van der Waals surface area contributed by atoms with Gasteiger partial charge in [0.2, 0.25) is 0 Å². The first-order valence-electron chi connectivity index (χ1n) is 11.8. The first-order chi connectivity index (χ1) is 16.0. The Hall–Kier alpha value is -2.07. The van der Waals surface area contributed by atoms with Crippen LogP contribution in [0, 0.1) is 40.8 Å². The Balaban J connectivity index is 1.64. The molecule has 2 aliphatic carbocycles. The number of fused-ring (bicyclic) bond motifs is 3. The van der Waals surface area contributed by atoms with Crippen LogP contribution in [0.3, 0.4) is 0 Å². The maximum atomic E-state index is 13.7. The number of aryl methyl sites for hydroxylation is 2. The number of benzene rings is 1. The number of amidine groups is 1. The van der Waals surface area contributed by atoms with E-state index in [0.717, 1.165) is 29.4 Å². The molecule has 2 saturated carbocycles. The molecule has 180 valence electrons. The van der Waals surface area contributed by atoms with Crippen molar-refractivity contribution in [2.24, 2.45) is 21.7 Å². The van der Waals surface area contributed by atoms with E-state index in [1.165, 1.54) is 18.6 Å². The smallest absolute Gasteiger partial charge is 0.192 e. The van der Waals surface area contributed by atoms with Crippen LogP contribution in [0.15, 0.2) is 29.3 Å². The molecule has 5 rings (SSSR count). The second-order valence-electron chi connectivity index (χ2n) is 10.6. The standard InChI is InChI=1S/C25H31FN5OPS/c1-16-21-23(31(29-16)14-6-13-27)28-22(17-7-9-19(26)10-8-17)30(5)33(21,34)32-20-15-18-11-12-25(20,4)24(18,2)3/h7-10,18,20H,6,11-12,14-15H2,1-5H3/t18-,20+,25-,33+/m0/s1. The lowest BCUT2D eigenvalue weighted by Crippen LogP contribution is -2.41. The van der Waals surface area contributed by atoms with Crippen LogP contribution in [-0.2, 0) is 22.9 Å². The molecule has 4 atom stereocenters. The topological polar surface area (TPSA) is 66.4 Å². The number of rotatable bonds is 5. The minimum Gasteiger partial charge on any atom is -0.326 e. The Kier molecular flexibility index (Phi) is 5.55. The lowest BCUT2D eigenvalue weighted by Gasteiger charge is -2.44. The van der Waals surface area contributed by atoms with Gasteiger partial charge in [-0.3, -0.25) is 0 Å². The number of hydrogen-bond donors (Lipinski definition) is 0. The fourth-order valence-electron chi connectivity index (χ4n) is 6.20. The Morgan fingerprint density at radius 3 is 2.59 bits per heavy atom. The van der Waals surface area contributed by atoms with Crippen LogP contribution in [0.2, 0.25) is 0 Å². The third-order valence-corrected chi connectivity index (χ3v) is 12.9. The molecular formula is C25H31FN5OPS. The largest absolute Gasteiger partial charge is 0.326 e. The maximum absolute atomic E-state index is 13.7. The molecule has 1 aliphatic heterocycles. The highest BCUT2D eigenvalue weighted by molar-refractivity contribution is 8.15. The van der Waals surface area contributed by atoms with Crippen molar-refractivity contribution in [2.45, 2.75) is 66.0 Å². The van der Waals surface area contributed by atoms with Gasteiger partial charge in [-0.2, -0.15) is 10.4 Å². The van der Waals surface area contributed by atoms with Crippen molar-refractivity contribution < 1.29 is 8.91 Å². The molecule has 2 fully saturated rings. The average molecular weight is 500 g/mol. The third-order valence-electron chi connectivity index (χ3n) is 8.79. The van der Waals surface area contributed by atoms with Gasteiger partial charge in [-0.05, 0) is 79.0 Å². The summed E-state index contributed by atoms with van der Waals surface area (Å²) >= 11 is 6.47. The van der Waals surface area contributed by atoms with Crippen LogP contribution in [0.4, 0.5) is 10.2 Å². The highest BCUT2D eigenvalue weighted by Gasteiger charge is 2.63. The van der Waals surface area contributed by atoms with Gasteiger partial charge in [-0.25, -0.2) is 14.1 Å². The molecule has 1 aromatic heterocycles. The van der Waals surface area contributed by atoms with E-state index < -0.39 is 6.42 Å². The van der Waals surface area contributed by atoms with Gasteiger partial charge in [-0.15, -0.1) is 0 Å². The van der Waals surface area contributed by atoms with Crippen molar-refractivity contribution in [3.63, 3.8) is 0 Å². The van der Waals surface area contributed by atoms with E-state index in [1.807, 2.05) is 18.6 Å². The second kappa shape index (κ2) is 7.98. The summed E-state index contributed by atoms with van der Waals surface area (Å²) in [6, 6.07) is 8.50. The van der Waals surface area contributed by atoms with Crippen LogP contribution < -0.4 is 5.30 Å². The third kappa shape index (κ3) is 3.24. The Morgan fingerprint density at radius 2 is 2.00 bits per heavy atom. The SMILES string of the molecule is Cc1nn(CCC#N)c2c1[P@](=S)(O[C@@H]1C[C@@H]3CC[C@]1(C)C3(C)C)N(C)C(c1ccc(F)cc1)=N2. The summed E-state index contributed by atoms with van der Waals surface area (Å²) in [7, 11) is 1.94. The molecule has 0 unspecified atom stereocenters. The van der Waals surface area contributed by atoms with Gasteiger partial charge in [0.1, 0.15) is 11.7 Å². The van der Waals surface area contributed by atoms with Gasteiger partial charge in [0.05, 0.1) is 36.1 Å². The van der Waals surface area contributed by atoms with Gasteiger partial charge in [0.25, 0.3) is 0 Å². The summed E-state index contributed by atoms with van der Waals surface area (Å²) in [6.45, 7) is 9.48. The maximum Gasteiger partial charge on any atom is 0.192 e. The van der Waals surface area contributed by atoms with Crippen LogP contribution >= 0.6 is 6.42 Å². The molecule has 1 aromatic carbocycles. The number of nitriles is 1. The van der Waals surface area contributed by atoms with Gasteiger partial charge in [0.15, 0.2) is 12.2 Å². The van der Waals surface area contributed by atoms with Crippen molar-refractivity contribution in [1.82, 2.24) is 14.5 Å². The molecule has 0 N–H and O–H groups in total. The van der Waals surface area contributed by atoms with Crippen LogP contribution in [0.5, 0.6) is 0 Å². The van der Waals surface area contributed by atoms with Crippen molar-refractivity contribution in [2.75, 3.05) is 7.05 Å². The number of nitrogens with zero attached hydrogens (tertiary/aromatic N) is 5. The van der Waals surface area contributed by atoms with E-state index in [4.69, 9.17) is 31.7 Å². The molecule has 0 amide bonds. The number of aromatic nitrogens is 2. The van der Waals surface area contributed by atoms with Crippen LogP contribution in [-0.4, -0.2) is 33.4 Å². The molecule has 3 aliphatic rings. The summed E-state index contributed by atoms with van der Waals surface area (Å²) in [5.41, 5.74) is 1.83. The molecule has 0 saturated heterocycles. The van der Waals surface area contributed by atoms with E-state index >= 15 is 0 Å². The molecule has 9 heteroatoms. The quantitative estimate of drug-likeness (QED) is 0.513. The predicted molar refractivity (Wildman–Crippen MR) is 136 cm³/mol. The molecule has 2 aromatic rings. The van der Waals surface area contributed by atoms with E-state index in [0.29, 0.717) is 30.5 Å². The number of aliphatic imine (C=N–C) groups is 1. The fraction of sp³-hybridized carbons (Fsp3) is 0.560.